The van der Waals surface area contributed by atoms with Crippen molar-refractivity contribution in [1.29, 1.82) is 0 Å². The number of benzene rings is 1. The van der Waals surface area contributed by atoms with Crippen LogP contribution in [0.2, 0.25) is 0 Å². The SMILES string of the molecule is COc1ccc(/C=C/c2nc3n(c(=O)c2C)C2CC2(C(=O)O)C=C3)c(OC)c1. The van der Waals surface area contributed by atoms with Gasteiger partial charge in [-0.15, -0.1) is 0 Å². The lowest BCUT2D eigenvalue weighted by Crippen LogP contribution is -2.31. The summed E-state index contributed by atoms with van der Waals surface area (Å²) in [6, 6.07) is 5.11. The zero-order valence-corrected chi connectivity index (χ0v) is 15.8. The summed E-state index contributed by atoms with van der Waals surface area (Å²) < 4.78 is 12.1. The largest absolute Gasteiger partial charge is 0.497 e. The zero-order valence-electron chi connectivity index (χ0n) is 15.8. The molecule has 1 aliphatic heterocycles. The molecule has 0 spiro atoms. The van der Waals surface area contributed by atoms with Gasteiger partial charge < -0.3 is 14.6 Å². The zero-order chi connectivity index (χ0) is 20.1. The maximum Gasteiger partial charge on any atom is 0.315 e. The summed E-state index contributed by atoms with van der Waals surface area (Å²) in [5, 5.41) is 9.46. The van der Waals surface area contributed by atoms with Crippen molar-refractivity contribution in [3.05, 3.63) is 57.3 Å². The molecule has 2 heterocycles. The third kappa shape index (κ3) is 2.62. The minimum absolute atomic E-state index is 0.205. The van der Waals surface area contributed by atoms with Gasteiger partial charge in [0.1, 0.15) is 22.7 Å². The van der Waals surface area contributed by atoms with Gasteiger partial charge in [0.15, 0.2) is 0 Å². The number of fused-ring (bicyclic) bond motifs is 3. The normalized spacial score (nSPS) is 21.9. The Bertz CT molecular complexity index is 1100. The van der Waals surface area contributed by atoms with Crippen molar-refractivity contribution >= 4 is 24.2 Å². The van der Waals surface area contributed by atoms with Crippen molar-refractivity contribution < 1.29 is 19.4 Å². The van der Waals surface area contributed by atoms with Crippen molar-refractivity contribution in [2.45, 2.75) is 19.4 Å². The Labute approximate surface area is 161 Å². The monoisotopic (exact) mass is 380 g/mol. The lowest BCUT2D eigenvalue weighted by atomic mass is 10.0. The molecule has 7 nitrogen and oxygen atoms in total. The average Bonchev–Trinajstić information content (AvgIpc) is 3.45. The van der Waals surface area contributed by atoms with Crippen LogP contribution in [-0.2, 0) is 4.79 Å². The third-order valence-corrected chi connectivity index (χ3v) is 5.47. The maximum absolute atomic E-state index is 12.9. The van der Waals surface area contributed by atoms with Crippen LogP contribution in [0.5, 0.6) is 11.5 Å². The smallest absolute Gasteiger partial charge is 0.315 e. The fourth-order valence-electron chi connectivity index (χ4n) is 3.65. The van der Waals surface area contributed by atoms with Gasteiger partial charge in [-0.25, -0.2) is 4.98 Å². The molecule has 1 saturated carbocycles. The Morgan fingerprint density at radius 3 is 2.79 bits per heavy atom. The molecule has 0 radical (unpaired) electrons. The number of aromatic nitrogens is 2. The molecule has 2 unspecified atom stereocenters. The van der Waals surface area contributed by atoms with E-state index in [0.29, 0.717) is 35.0 Å². The van der Waals surface area contributed by atoms with Crippen LogP contribution in [0.15, 0.2) is 29.1 Å². The Morgan fingerprint density at radius 2 is 2.11 bits per heavy atom. The van der Waals surface area contributed by atoms with Gasteiger partial charge in [0.25, 0.3) is 5.56 Å². The van der Waals surface area contributed by atoms with Gasteiger partial charge in [0.05, 0.1) is 26.0 Å². The number of carbonyl (C=O) groups is 1. The van der Waals surface area contributed by atoms with Gasteiger partial charge in [-0.05, 0) is 43.7 Å². The topological polar surface area (TPSA) is 90.7 Å². The predicted molar refractivity (Wildman–Crippen MR) is 104 cm³/mol. The van der Waals surface area contributed by atoms with E-state index in [0.717, 1.165) is 5.56 Å². The molecule has 28 heavy (non-hydrogen) atoms. The highest BCUT2D eigenvalue weighted by Crippen LogP contribution is 2.59. The lowest BCUT2D eigenvalue weighted by molar-refractivity contribution is -0.141. The molecule has 1 aromatic heterocycles. The van der Waals surface area contributed by atoms with E-state index in [-0.39, 0.29) is 11.6 Å². The highest BCUT2D eigenvalue weighted by Gasteiger charge is 2.62. The van der Waals surface area contributed by atoms with Crippen LogP contribution in [0.3, 0.4) is 0 Å². The number of aliphatic carboxylic acids is 1. The summed E-state index contributed by atoms with van der Waals surface area (Å²) in [6.07, 6.45) is 7.29. The summed E-state index contributed by atoms with van der Waals surface area (Å²) in [5.74, 6) is 0.912. The number of carboxylic acid groups (broad SMARTS) is 1. The van der Waals surface area contributed by atoms with Crippen LogP contribution < -0.4 is 15.0 Å². The number of rotatable bonds is 5. The number of hydrogen-bond acceptors (Lipinski definition) is 5. The van der Waals surface area contributed by atoms with Crippen LogP contribution >= 0.6 is 0 Å². The second-order valence-corrected chi connectivity index (χ2v) is 7.00. The average molecular weight is 380 g/mol. The van der Waals surface area contributed by atoms with Gasteiger partial charge in [0.2, 0.25) is 0 Å². The first kappa shape index (κ1) is 18.0. The molecule has 0 saturated heterocycles. The quantitative estimate of drug-likeness (QED) is 0.858. The highest BCUT2D eigenvalue weighted by atomic mass is 16.5. The van der Waals surface area contributed by atoms with Gasteiger partial charge in [-0.2, -0.15) is 0 Å². The maximum atomic E-state index is 12.9. The Hall–Kier alpha value is -3.35. The van der Waals surface area contributed by atoms with Gasteiger partial charge in [-0.3, -0.25) is 14.2 Å². The van der Waals surface area contributed by atoms with E-state index in [2.05, 4.69) is 4.98 Å². The van der Waals surface area contributed by atoms with E-state index in [1.807, 2.05) is 18.2 Å². The molecular formula is C21H20N2O5. The van der Waals surface area contributed by atoms with Gasteiger partial charge >= 0.3 is 5.97 Å². The fourth-order valence-corrected chi connectivity index (χ4v) is 3.65. The second kappa shape index (κ2) is 6.37. The van der Waals surface area contributed by atoms with E-state index in [1.54, 1.807) is 45.4 Å². The molecule has 2 aliphatic rings. The van der Waals surface area contributed by atoms with E-state index >= 15 is 0 Å². The summed E-state index contributed by atoms with van der Waals surface area (Å²) in [5.41, 5.74) is 0.684. The molecule has 7 heteroatoms. The van der Waals surface area contributed by atoms with Crippen LogP contribution in [0, 0.1) is 12.3 Å². The summed E-state index contributed by atoms with van der Waals surface area (Å²) in [6.45, 7) is 1.71. The van der Waals surface area contributed by atoms with Crippen LogP contribution in [0.1, 0.15) is 35.1 Å². The van der Waals surface area contributed by atoms with Gasteiger partial charge in [0, 0.05) is 17.2 Å². The minimum Gasteiger partial charge on any atom is -0.497 e. The van der Waals surface area contributed by atoms with Crippen molar-refractivity contribution in [3.8, 4) is 11.5 Å². The van der Waals surface area contributed by atoms with E-state index in [9.17, 15) is 14.7 Å². The minimum atomic E-state index is -0.960. The predicted octanol–water partition coefficient (Wildman–Crippen LogP) is 2.78. The van der Waals surface area contributed by atoms with Crippen LogP contribution in [0.4, 0.5) is 0 Å². The molecule has 4 rings (SSSR count). The fraction of sp³-hybridized carbons (Fsp3) is 0.286. The summed E-state index contributed by atoms with van der Waals surface area (Å²) in [7, 11) is 3.17. The van der Waals surface area contributed by atoms with Crippen LogP contribution in [0.25, 0.3) is 18.2 Å². The number of methoxy groups -OCH3 is 2. The molecule has 144 valence electrons. The van der Waals surface area contributed by atoms with Crippen molar-refractivity contribution in [3.63, 3.8) is 0 Å². The molecule has 0 amide bonds. The number of hydrogen-bond donors (Lipinski definition) is 1. The molecule has 2 aromatic rings. The molecule has 1 fully saturated rings. The van der Waals surface area contributed by atoms with Crippen molar-refractivity contribution in [2.75, 3.05) is 14.2 Å². The Morgan fingerprint density at radius 1 is 1.32 bits per heavy atom. The lowest BCUT2D eigenvalue weighted by Gasteiger charge is -2.18. The highest BCUT2D eigenvalue weighted by molar-refractivity contribution is 5.84. The van der Waals surface area contributed by atoms with Crippen LogP contribution in [-0.4, -0.2) is 34.8 Å². The van der Waals surface area contributed by atoms with E-state index in [4.69, 9.17) is 9.47 Å². The third-order valence-electron chi connectivity index (χ3n) is 5.47. The van der Waals surface area contributed by atoms with Crippen molar-refractivity contribution in [2.24, 2.45) is 5.41 Å². The molecule has 0 bridgehead atoms. The summed E-state index contributed by atoms with van der Waals surface area (Å²) in [4.78, 5) is 29.0. The first-order valence-corrected chi connectivity index (χ1v) is 8.87. The number of carboxylic acids is 1. The van der Waals surface area contributed by atoms with Gasteiger partial charge in [-0.1, -0.05) is 6.08 Å². The standard InChI is InChI=1S/C21H20N2O5/c1-12-15(7-5-13-4-6-14(27-2)10-16(13)28-3)22-18-8-9-21(20(25)26)11-17(21)23(18)19(12)24/h4-10,17H,11H2,1-3H3,(H,25,26)/b7-5+. The molecule has 1 aromatic carbocycles. The molecule has 1 N–H and O–H groups in total. The van der Waals surface area contributed by atoms with Crippen molar-refractivity contribution in [1.82, 2.24) is 9.55 Å². The summed E-state index contributed by atoms with van der Waals surface area (Å²) >= 11 is 0. The van der Waals surface area contributed by atoms with E-state index in [1.165, 1.54) is 4.57 Å². The first-order chi connectivity index (χ1) is 13.4. The Kier molecular flexibility index (Phi) is 4.10. The second-order valence-electron chi connectivity index (χ2n) is 7.00. The Balaban J connectivity index is 1.72. The number of nitrogens with zero attached hydrogens (tertiary/aromatic N) is 2. The first-order valence-electron chi connectivity index (χ1n) is 8.87. The molecule has 1 aliphatic carbocycles. The molecule has 2 atom stereocenters. The number of ether oxygens (including phenoxy) is 2. The molecular weight excluding hydrogens is 360 g/mol. The van der Waals surface area contributed by atoms with E-state index < -0.39 is 11.4 Å².